The number of ether oxygens (including phenoxy) is 3. The number of esters is 1. The fourth-order valence-corrected chi connectivity index (χ4v) is 1.33. The topological polar surface area (TPSA) is 44.8 Å². The third-order valence-corrected chi connectivity index (χ3v) is 2.23. The van der Waals surface area contributed by atoms with Crippen LogP contribution in [0.1, 0.15) is 12.5 Å². The molecule has 0 radical (unpaired) electrons. The zero-order valence-corrected chi connectivity index (χ0v) is 10.5. The van der Waals surface area contributed by atoms with E-state index < -0.39 is 12.3 Å². The standard InChI is InChI=1S/C13H17FO4/c1-3-17-13(15)12(14)18-11-6-4-10(5-7-11)8-9-16-2/h4-7,12H,3,8-9H2,1-2H3. The molecule has 5 heteroatoms. The van der Waals surface area contributed by atoms with E-state index in [1.165, 1.54) is 0 Å². The molecule has 0 bridgehead atoms. The van der Waals surface area contributed by atoms with Crippen LogP contribution in [-0.2, 0) is 20.7 Å². The first-order valence-corrected chi connectivity index (χ1v) is 5.72. The summed E-state index contributed by atoms with van der Waals surface area (Å²) < 4.78 is 27.5. The van der Waals surface area contributed by atoms with Gasteiger partial charge in [0.1, 0.15) is 5.75 Å². The average Bonchev–Trinajstić information content (AvgIpc) is 2.38. The fourth-order valence-electron chi connectivity index (χ4n) is 1.33. The van der Waals surface area contributed by atoms with Gasteiger partial charge in [-0.25, -0.2) is 4.79 Å². The minimum Gasteiger partial charge on any atom is -0.461 e. The summed E-state index contributed by atoms with van der Waals surface area (Å²) in [7, 11) is 1.63. The molecule has 0 aliphatic carbocycles. The number of halogens is 1. The summed E-state index contributed by atoms with van der Waals surface area (Å²) in [5, 5.41) is 0. The number of alkyl halides is 1. The van der Waals surface area contributed by atoms with Gasteiger partial charge in [-0.3, -0.25) is 0 Å². The molecule has 0 N–H and O–H groups in total. The summed E-state index contributed by atoms with van der Waals surface area (Å²) in [6.07, 6.45) is -1.32. The predicted octanol–water partition coefficient (Wildman–Crippen LogP) is 2.11. The lowest BCUT2D eigenvalue weighted by Crippen LogP contribution is -2.24. The molecule has 1 aromatic carbocycles. The highest BCUT2D eigenvalue weighted by atomic mass is 19.1. The molecule has 0 saturated heterocycles. The van der Waals surface area contributed by atoms with Crippen molar-refractivity contribution in [3.05, 3.63) is 29.8 Å². The van der Waals surface area contributed by atoms with Crippen molar-refractivity contribution in [1.29, 1.82) is 0 Å². The molecule has 1 unspecified atom stereocenters. The van der Waals surface area contributed by atoms with Gasteiger partial charge in [0.05, 0.1) is 13.2 Å². The van der Waals surface area contributed by atoms with E-state index in [9.17, 15) is 9.18 Å². The van der Waals surface area contributed by atoms with E-state index in [1.807, 2.05) is 0 Å². The number of benzene rings is 1. The predicted molar refractivity (Wildman–Crippen MR) is 64.2 cm³/mol. The van der Waals surface area contributed by atoms with E-state index in [0.717, 1.165) is 12.0 Å². The van der Waals surface area contributed by atoms with Crippen LogP contribution in [0.15, 0.2) is 24.3 Å². The van der Waals surface area contributed by atoms with Crippen molar-refractivity contribution in [3.8, 4) is 5.75 Å². The van der Waals surface area contributed by atoms with Crippen molar-refractivity contribution < 1.29 is 23.4 Å². The Kier molecular flexibility index (Phi) is 6.14. The van der Waals surface area contributed by atoms with Crippen molar-refractivity contribution in [2.45, 2.75) is 19.7 Å². The summed E-state index contributed by atoms with van der Waals surface area (Å²) in [5.41, 5.74) is 1.05. The maximum absolute atomic E-state index is 13.3. The lowest BCUT2D eigenvalue weighted by atomic mass is 10.1. The molecule has 1 atom stereocenters. The number of rotatable bonds is 7. The van der Waals surface area contributed by atoms with Gasteiger partial charge in [-0.05, 0) is 31.0 Å². The zero-order chi connectivity index (χ0) is 13.4. The summed E-state index contributed by atoms with van der Waals surface area (Å²) in [5.74, 6) is -0.724. The summed E-state index contributed by atoms with van der Waals surface area (Å²) in [4.78, 5) is 11.0. The third-order valence-electron chi connectivity index (χ3n) is 2.23. The van der Waals surface area contributed by atoms with Gasteiger partial charge in [-0.2, -0.15) is 4.39 Å². The first-order valence-electron chi connectivity index (χ1n) is 5.72. The molecule has 1 aromatic rings. The summed E-state index contributed by atoms with van der Waals surface area (Å²) in [6.45, 7) is 2.35. The van der Waals surface area contributed by atoms with E-state index in [2.05, 4.69) is 4.74 Å². The minimum atomic E-state index is -2.09. The van der Waals surface area contributed by atoms with Gasteiger partial charge >= 0.3 is 12.3 Å². The van der Waals surface area contributed by atoms with Crippen molar-refractivity contribution in [3.63, 3.8) is 0 Å². The van der Waals surface area contributed by atoms with Crippen LogP contribution < -0.4 is 4.74 Å². The number of hydrogen-bond acceptors (Lipinski definition) is 4. The van der Waals surface area contributed by atoms with Crippen molar-refractivity contribution in [2.24, 2.45) is 0 Å². The highest BCUT2D eigenvalue weighted by molar-refractivity contribution is 5.73. The molecule has 0 amide bonds. The zero-order valence-electron chi connectivity index (χ0n) is 10.5. The minimum absolute atomic E-state index is 0.124. The smallest absolute Gasteiger partial charge is 0.381 e. The molecular formula is C13H17FO4. The van der Waals surface area contributed by atoms with Crippen molar-refractivity contribution >= 4 is 5.97 Å². The first kappa shape index (κ1) is 14.4. The molecule has 100 valence electrons. The monoisotopic (exact) mass is 256 g/mol. The quantitative estimate of drug-likeness (QED) is 0.701. The molecule has 0 fully saturated rings. The van der Waals surface area contributed by atoms with Crippen LogP contribution in [0.4, 0.5) is 4.39 Å². The van der Waals surface area contributed by atoms with Crippen molar-refractivity contribution in [1.82, 2.24) is 0 Å². The maximum atomic E-state index is 13.3. The van der Waals surface area contributed by atoms with Crippen molar-refractivity contribution in [2.75, 3.05) is 20.3 Å². The van der Waals surface area contributed by atoms with E-state index in [0.29, 0.717) is 6.61 Å². The largest absolute Gasteiger partial charge is 0.461 e. The number of carbonyl (C=O) groups is 1. The normalized spacial score (nSPS) is 11.9. The van der Waals surface area contributed by atoms with Gasteiger partial charge in [0, 0.05) is 7.11 Å². The first-order chi connectivity index (χ1) is 8.67. The Morgan fingerprint density at radius 2 is 2.00 bits per heavy atom. The Morgan fingerprint density at radius 1 is 1.33 bits per heavy atom. The van der Waals surface area contributed by atoms with E-state index in [4.69, 9.17) is 9.47 Å². The molecule has 0 spiro atoms. The molecule has 1 rings (SSSR count). The molecule has 0 aliphatic heterocycles. The molecule has 0 aliphatic rings. The Bertz CT molecular complexity index is 364. The molecule has 0 heterocycles. The summed E-state index contributed by atoms with van der Waals surface area (Å²) in [6, 6.07) is 6.81. The van der Waals surface area contributed by atoms with Crippen LogP contribution in [-0.4, -0.2) is 32.7 Å². The SMILES string of the molecule is CCOC(=O)C(F)Oc1ccc(CCOC)cc1. The van der Waals surface area contributed by atoms with E-state index >= 15 is 0 Å². The molecule has 0 saturated carbocycles. The molecule has 18 heavy (non-hydrogen) atoms. The molecule has 0 aromatic heterocycles. The van der Waals surface area contributed by atoms with Gasteiger partial charge in [-0.15, -0.1) is 0 Å². The van der Waals surface area contributed by atoms with Crippen LogP contribution in [0.2, 0.25) is 0 Å². The lowest BCUT2D eigenvalue weighted by Gasteiger charge is -2.10. The number of hydrogen-bond donors (Lipinski definition) is 0. The lowest BCUT2D eigenvalue weighted by molar-refractivity contribution is -0.159. The van der Waals surface area contributed by atoms with Gasteiger partial charge in [0.25, 0.3) is 0 Å². The Morgan fingerprint density at radius 3 is 2.56 bits per heavy atom. The molecular weight excluding hydrogens is 239 g/mol. The highest BCUT2D eigenvalue weighted by Gasteiger charge is 2.20. The van der Waals surface area contributed by atoms with Gasteiger partial charge < -0.3 is 14.2 Å². The fraction of sp³-hybridized carbons (Fsp3) is 0.462. The Labute approximate surface area is 106 Å². The Hall–Kier alpha value is -1.62. The van der Waals surface area contributed by atoms with Gasteiger partial charge in [-0.1, -0.05) is 12.1 Å². The van der Waals surface area contributed by atoms with E-state index in [-0.39, 0.29) is 12.4 Å². The van der Waals surface area contributed by atoms with E-state index in [1.54, 1.807) is 38.3 Å². The van der Waals surface area contributed by atoms with Gasteiger partial charge in [0.2, 0.25) is 0 Å². The number of methoxy groups -OCH3 is 1. The third kappa shape index (κ3) is 4.71. The number of carbonyl (C=O) groups excluding carboxylic acids is 1. The van der Waals surface area contributed by atoms with Crippen LogP contribution in [0.25, 0.3) is 0 Å². The van der Waals surface area contributed by atoms with Crippen LogP contribution in [0.5, 0.6) is 5.75 Å². The van der Waals surface area contributed by atoms with Crippen LogP contribution in [0, 0.1) is 0 Å². The second-order valence-corrected chi connectivity index (χ2v) is 3.57. The van der Waals surface area contributed by atoms with Gasteiger partial charge in [0.15, 0.2) is 0 Å². The second kappa shape index (κ2) is 7.66. The Balaban J connectivity index is 2.50. The van der Waals surface area contributed by atoms with Crippen LogP contribution >= 0.6 is 0 Å². The summed E-state index contributed by atoms with van der Waals surface area (Å²) >= 11 is 0. The second-order valence-electron chi connectivity index (χ2n) is 3.57. The average molecular weight is 256 g/mol. The molecule has 4 nitrogen and oxygen atoms in total. The maximum Gasteiger partial charge on any atom is 0.381 e. The highest BCUT2D eigenvalue weighted by Crippen LogP contribution is 2.15. The van der Waals surface area contributed by atoms with Crippen LogP contribution in [0.3, 0.4) is 0 Å².